The van der Waals surface area contributed by atoms with Crippen LogP contribution in [-0.2, 0) is 6.54 Å². The van der Waals surface area contributed by atoms with Gasteiger partial charge < -0.3 is 9.80 Å². The summed E-state index contributed by atoms with van der Waals surface area (Å²) >= 11 is 5.39. The van der Waals surface area contributed by atoms with Crippen LogP contribution < -0.4 is 9.80 Å². The van der Waals surface area contributed by atoms with Gasteiger partial charge in [0.2, 0.25) is 0 Å². The fraction of sp³-hybridized carbons (Fsp3) is 0.636. The van der Waals surface area contributed by atoms with Crippen molar-refractivity contribution in [3.05, 3.63) is 20.8 Å². The summed E-state index contributed by atoms with van der Waals surface area (Å²) in [6.45, 7) is 10.1. The van der Waals surface area contributed by atoms with Crippen molar-refractivity contribution in [1.29, 1.82) is 0 Å². The third kappa shape index (κ3) is 3.28. The summed E-state index contributed by atoms with van der Waals surface area (Å²) in [6, 6.07) is 2.26. The number of piperazine rings is 1. The SMILES string of the molecule is CC[NH+]1CC[NH+](Cc2cc(Br)cs2)CC1. The predicted molar refractivity (Wildman–Crippen MR) is 67.7 cm³/mol. The van der Waals surface area contributed by atoms with Gasteiger partial charge in [0.25, 0.3) is 0 Å². The lowest BCUT2D eigenvalue weighted by atomic mass is 10.3. The van der Waals surface area contributed by atoms with Gasteiger partial charge >= 0.3 is 0 Å². The number of quaternary nitrogens is 2. The van der Waals surface area contributed by atoms with Crippen LogP contribution >= 0.6 is 27.3 Å². The van der Waals surface area contributed by atoms with Crippen LogP contribution in [0.5, 0.6) is 0 Å². The number of hydrogen-bond acceptors (Lipinski definition) is 1. The van der Waals surface area contributed by atoms with E-state index in [4.69, 9.17) is 0 Å². The topological polar surface area (TPSA) is 8.88 Å². The van der Waals surface area contributed by atoms with Gasteiger partial charge in [0.15, 0.2) is 0 Å². The molecule has 0 spiro atoms. The van der Waals surface area contributed by atoms with Gasteiger partial charge in [0.1, 0.15) is 32.7 Å². The van der Waals surface area contributed by atoms with Gasteiger partial charge in [0, 0.05) is 9.85 Å². The number of likely N-dealkylation sites (N-methyl/N-ethyl adjacent to an activating group) is 1. The molecule has 2 N–H and O–H groups in total. The number of rotatable bonds is 3. The van der Waals surface area contributed by atoms with E-state index in [1.807, 2.05) is 11.3 Å². The smallest absolute Gasteiger partial charge is 0.127 e. The Hall–Kier alpha value is 0.1000. The molecule has 1 aromatic rings. The van der Waals surface area contributed by atoms with Crippen molar-refractivity contribution >= 4 is 27.3 Å². The molecule has 2 heterocycles. The normalized spacial score (nSPS) is 26.8. The van der Waals surface area contributed by atoms with Crippen LogP contribution in [0.25, 0.3) is 0 Å². The summed E-state index contributed by atoms with van der Waals surface area (Å²) in [4.78, 5) is 5.03. The minimum absolute atomic E-state index is 1.22. The standard InChI is InChI=1S/C11H17BrN2S/c1-2-13-3-5-14(6-4-13)8-11-7-10(12)9-15-11/h7,9H,2-6,8H2,1H3/p+2. The van der Waals surface area contributed by atoms with E-state index in [0.29, 0.717) is 0 Å². The molecule has 84 valence electrons. The maximum atomic E-state index is 3.51. The molecule has 0 saturated carbocycles. The molecule has 0 radical (unpaired) electrons. The minimum atomic E-state index is 1.22. The molecule has 1 aromatic heterocycles. The maximum absolute atomic E-state index is 3.51. The molecular weight excluding hydrogens is 272 g/mol. The van der Waals surface area contributed by atoms with Crippen LogP contribution in [0.3, 0.4) is 0 Å². The van der Waals surface area contributed by atoms with E-state index in [1.54, 1.807) is 9.80 Å². The van der Waals surface area contributed by atoms with Crippen molar-refractivity contribution in [2.75, 3.05) is 32.7 Å². The van der Waals surface area contributed by atoms with Crippen molar-refractivity contribution in [3.63, 3.8) is 0 Å². The van der Waals surface area contributed by atoms with E-state index < -0.39 is 0 Å². The summed E-state index contributed by atoms with van der Waals surface area (Å²) in [5.41, 5.74) is 0. The van der Waals surface area contributed by atoms with Crippen LogP contribution in [0.1, 0.15) is 11.8 Å². The van der Waals surface area contributed by atoms with Gasteiger partial charge in [-0.1, -0.05) is 0 Å². The van der Waals surface area contributed by atoms with Crippen molar-refractivity contribution in [3.8, 4) is 0 Å². The lowest BCUT2D eigenvalue weighted by Gasteiger charge is -2.28. The highest BCUT2D eigenvalue weighted by Gasteiger charge is 2.21. The highest BCUT2D eigenvalue weighted by atomic mass is 79.9. The third-order valence-corrected chi connectivity index (χ3v) is 4.91. The Morgan fingerprint density at radius 3 is 2.47 bits per heavy atom. The lowest BCUT2D eigenvalue weighted by molar-refractivity contribution is -1.02. The maximum Gasteiger partial charge on any atom is 0.127 e. The molecular formula is C11H19BrN2S+2. The second-order valence-corrected chi connectivity index (χ2v) is 6.17. The first-order valence-electron chi connectivity index (χ1n) is 5.68. The zero-order chi connectivity index (χ0) is 10.7. The molecule has 2 rings (SSSR count). The molecule has 1 aliphatic rings. The van der Waals surface area contributed by atoms with Gasteiger partial charge in [-0.3, -0.25) is 0 Å². The minimum Gasteiger partial charge on any atom is -0.326 e. The Morgan fingerprint density at radius 1 is 1.27 bits per heavy atom. The van der Waals surface area contributed by atoms with E-state index in [9.17, 15) is 0 Å². The molecule has 0 aliphatic carbocycles. The molecule has 2 nitrogen and oxygen atoms in total. The number of nitrogens with one attached hydrogen (secondary N) is 2. The Balaban J connectivity index is 1.82. The monoisotopic (exact) mass is 290 g/mol. The van der Waals surface area contributed by atoms with E-state index >= 15 is 0 Å². The van der Waals surface area contributed by atoms with Crippen molar-refractivity contribution < 1.29 is 9.80 Å². The quantitative estimate of drug-likeness (QED) is 0.764. The predicted octanol–water partition coefficient (Wildman–Crippen LogP) is -0.186. The van der Waals surface area contributed by atoms with Crippen molar-refractivity contribution in [2.24, 2.45) is 0 Å². The summed E-state index contributed by atoms with van der Waals surface area (Å²) in [6.07, 6.45) is 0. The fourth-order valence-corrected chi connectivity index (χ4v) is 3.70. The van der Waals surface area contributed by atoms with E-state index in [1.165, 1.54) is 48.6 Å². The first-order chi connectivity index (χ1) is 7.28. The molecule has 0 bridgehead atoms. The van der Waals surface area contributed by atoms with E-state index in [-0.39, 0.29) is 0 Å². The van der Waals surface area contributed by atoms with Gasteiger partial charge in [-0.05, 0) is 28.9 Å². The molecule has 0 atom stereocenters. The molecule has 0 aromatic carbocycles. The number of halogens is 1. The molecule has 4 heteroatoms. The van der Waals surface area contributed by atoms with Crippen LogP contribution in [0.4, 0.5) is 0 Å². The van der Waals surface area contributed by atoms with Crippen LogP contribution in [0.2, 0.25) is 0 Å². The Kier molecular flexibility index (Phi) is 4.20. The molecule has 1 aliphatic heterocycles. The third-order valence-electron chi connectivity index (χ3n) is 3.21. The zero-order valence-corrected chi connectivity index (χ0v) is 11.6. The Bertz CT molecular complexity index is 305. The Labute approximate surface area is 104 Å². The zero-order valence-electron chi connectivity index (χ0n) is 9.18. The number of thiophene rings is 1. The first kappa shape index (κ1) is 11.6. The second kappa shape index (κ2) is 5.43. The van der Waals surface area contributed by atoms with E-state index in [2.05, 4.69) is 34.3 Å². The molecule has 0 amide bonds. The summed E-state index contributed by atoms with van der Waals surface area (Å²) in [5, 5.41) is 2.18. The summed E-state index contributed by atoms with van der Waals surface area (Å²) in [5.74, 6) is 0. The van der Waals surface area contributed by atoms with Crippen LogP contribution in [0.15, 0.2) is 15.9 Å². The molecule has 0 unspecified atom stereocenters. The highest BCUT2D eigenvalue weighted by molar-refractivity contribution is 9.10. The first-order valence-corrected chi connectivity index (χ1v) is 7.35. The van der Waals surface area contributed by atoms with Crippen LogP contribution in [0, 0.1) is 0 Å². The second-order valence-electron chi connectivity index (χ2n) is 4.26. The largest absolute Gasteiger partial charge is 0.326 e. The Morgan fingerprint density at radius 2 is 1.93 bits per heavy atom. The van der Waals surface area contributed by atoms with Crippen molar-refractivity contribution in [2.45, 2.75) is 13.5 Å². The summed E-state index contributed by atoms with van der Waals surface area (Å²) < 4.78 is 1.24. The van der Waals surface area contributed by atoms with Gasteiger partial charge in [-0.2, -0.15) is 0 Å². The highest BCUT2D eigenvalue weighted by Crippen LogP contribution is 2.18. The number of hydrogen-bond donors (Lipinski definition) is 2. The van der Waals surface area contributed by atoms with Crippen molar-refractivity contribution in [1.82, 2.24) is 0 Å². The van der Waals surface area contributed by atoms with Crippen LogP contribution in [-0.4, -0.2) is 32.7 Å². The van der Waals surface area contributed by atoms with E-state index in [0.717, 1.165) is 0 Å². The van der Waals surface area contributed by atoms with Gasteiger partial charge in [-0.25, -0.2) is 0 Å². The molecule has 15 heavy (non-hydrogen) atoms. The average molecular weight is 291 g/mol. The average Bonchev–Trinajstić information content (AvgIpc) is 2.65. The molecule has 1 fully saturated rings. The van der Waals surface area contributed by atoms with Gasteiger partial charge in [-0.15, -0.1) is 11.3 Å². The van der Waals surface area contributed by atoms with Gasteiger partial charge in [0.05, 0.1) is 11.4 Å². The molecule has 1 saturated heterocycles. The fourth-order valence-electron chi connectivity index (χ4n) is 2.18. The lowest BCUT2D eigenvalue weighted by Crippen LogP contribution is -3.27. The summed E-state index contributed by atoms with van der Waals surface area (Å²) in [7, 11) is 0.